The van der Waals surface area contributed by atoms with Gasteiger partial charge in [-0.05, 0) is 25.1 Å². The summed E-state index contributed by atoms with van der Waals surface area (Å²) in [5.74, 6) is 1.15. The molecular formula is C22H18N6S. The lowest BCUT2D eigenvalue weighted by molar-refractivity contribution is 1.07. The van der Waals surface area contributed by atoms with Crippen molar-refractivity contribution in [3.05, 3.63) is 72.8 Å². The van der Waals surface area contributed by atoms with Crippen LogP contribution in [0.25, 0.3) is 37.7 Å². The fourth-order valence-electron chi connectivity index (χ4n) is 3.45. The monoisotopic (exact) mass is 398 g/mol. The number of nitrogens with two attached hydrogens (primary N) is 2. The SMILES string of the molecule is Cc1nc(N)c2cc(-c3c(-c4ccccc4)ncn3-c3ccccc3N)sc2n1. The van der Waals surface area contributed by atoms with Crippen LogP contribution in [0.5, 0.6) is 0 Å². The summed E-state index contributed by atoms with van der Waals surface area (Å²) in [6, 6.07) is 19.9. The second-order valence-electron chi connectivity index (χ2n) is 6.72. The van der Waals surface area contributed by atoms with Gasteiger partial charge in [0.05, 0.1) is 33.0 Å². The third-order valence-electron chi connectivity index (χ3n) is 4.78. The predicted octanol–water partition coefficient (Wildman–Crippen LogP) is 4.68. The van der Waals surface area contributed by atoms with Gasteiger partial charge < -0.3 is 11.5 Å². The Balaban J connectivity index is 1.81. The second kappa shape index (κ2) is 6.72. The van der Waals surface area contributed by atoms with Crippen LogP contribution in [-0.4, -0.2) is 19.5 Å². The molecule has 3 heterocycles. The molecule has 3 aromatic heterocycles. The maximum atomic E-state index is 6.28. The molecule has 0 saturated heterocycles. The maximum absolute atomic E-state index is 6.28. The Morgan fingerprint density at radius 2 is 1.69 bits per heavy atom. The molecule has 0 fully saturated rings. The lowest BCUT2D eigenvalue weighted by Gasteiger charge is -2.11. The number of hydrogen-bond donors (Lipinski definition) is 2. The van der Waals surface area contributed by atoms with E-state index in [0.717, 1.165) is 37.7 Å². The third kappa shape index (κ3) is 2.92. The number of nitrogens with zero attached hydrogens (tertiary/aromatic N) is 4. The van der Waals surface area contributed by atoms with Crippen molar-refractivity contribution >= 4 is 33.1 Å². The van der Waals surface area contributed by atoms with E-state index in [1.54, 1.807) is 11.3 Å². The number of nitrogen functional groups attached to an aromatic ring is 2. The molecule has 0 spiro atoms. The van der Waals surface area contributed by atoms with Gasteiger partial charge in [-0.3, -0.25) is 4.57 Å². The molecule has 2 aromatic carbocycles. The predicted molar refractivity (Wildman–Crippen MR) is 119 cm³/mol. The molecular weight excluding hydrogens is 380 g/mol. The standard InChI is InChI=1S/C22H18N6S/c1-13-26-21(24)15-11-18(29-22(15)27-13)20-19(14-7-3-2-4-8-14)25-12-28(20)17-10-6-5-9-16(17)23/h2-12H,23H2,1H3,(H2,24,26,27). The van der Waals surface area contributed by atoms with E-state index in [-0.39, 0.29) is 0 Å². The Bertz CT molecular complexity index is 1340. The molecule has 0 atom stereocenters. The topological polar surface area (TPSA) is 95.6 Å². The van der Waals surface area contributed by atoms with Crippen molar-refractivity contribution < 1.29 is 0 Å². The molecule has 142 valence electrons. The van der Waals surface area contributed by atoms with E-state index < -0.39 is 0 Å². The molecule has 7 heteroatoms. The molecule has 0 bridgehead atoms. The number of rotatable bonds is 3. The molecule has 6 nitrogen and oxygen atoms in total. The van der Waals surface area contributed by atoms with Crippen LogP contribution in [0.2, 0.25) is 0 Å². The van der Waals surface area contributed by atoms with Crippen molar-refractivity contribution in [2.45, 2.75) is 6.92 Å². The fraction of sp³-hybridized carbons (Fsp3) is 0.0455. The van der Waals surface area contributed by atoms with Crippen LogP contribution in [0.15, 0.2) is 67.0 Å². The first-order valence-electron chi connectivity index (χ1n) is 9.13. The molecule has 5 aromatic rings. The first-order chi connectivity index (χ1) is 14.1. The van der Waals surface area contributed by atoms with Crippen LogP contribution < -0.4 is 11.5 Å². The summed E-state index contributed by atoms with van der Waals surface area (Å²) in [6.45, 7) is 1.85. The summed E-state index contributed by atoms with van der Waals surface area (Å²) in [7, 11) is 0. The van der Waals surface area contributed by atoms with Crippen LogP contribution in [0.3, 0.4) is 0 Å². The van der Waals surface area contributed by atoms with Crippen molar-refractivity contribution in [1.29, 1.82) is 0 Å². The highest BCUT2D eigenvalue weighted by molar-refractivity contribution is 7.22. The highest BCUT2D eigenvalue weighted by Gasteiger charge is 2.20. The van der Waals surface area contributed by atoms with Crippen molar-refractivity contribution in [1.82, 2.24) is 19.5 Å². The molecule has 0 aliphatic rings. The Labute approximate surface area is 171 Å². The van der Waals surface area contributed by atoms with Crippen molar-refractivity contribution in [2.75, 3.05) is 11.5 Å². The normalized spacial score (nSPS) is 11.2. The average Bonchev–Trinajstić information content (AvgIpc) is 3.33. The minimum Gasteiger partial charge on any atom is -0.397 e. The fourth-order valence-corrected chi connectivity index (χ4v) is 4.58. The summed E-state index contributed by atoms with van der Waals surface area (Å²) in [4.78, 5) is 15.5. The van der Waals surface area contributed by atoms with Crippen molar-refractivity contribution in [3.63, 3.8) is 0 Å². The number of aromatic nitrogens is 4. The molecule has 4 N–H and O–H groups in total. The van der Waals surface area contributed by atoms with E-state index in [9.17, 15) is 0 Å². The van der Waals surface area contributed by atoms with Crippen LogP contribution in [-0.2, 0) is 0 Å². The average molecular weight is 398 g/mol. The second-order valence-corrected chi connectivity index (χ2v) is 7.75. The van der Waals surface area contributed by atoms with E-state index in [4.69, 9.17) is 16.5 Å². The Kier molecular flexibility index (Phi) is 4.03. The van der Waals surface area contributed by atoms with Gasteiger partial charge in [-0.15, -0.1) is 11.3 Å². The summed E-state index contributed by atoms with van der Waals surface area (Å²) in [5.41, 5.74) is 16.9. The van der Waals surface area contributed by atoms with Gasteiger partial charge in [0.15, 0.2) is 0 Å². The summed E-state index contributed by atoms with van der Waals surface area (Å²) < 4.78 is 2.03. The largest absolute Gasteiger partial charge is 0.397 e. The quantitative estimate of drug-likeness (QED) is 0.430. The van der Waals surface area contributed by atoms with Crippen LogP contribution in [0.1, 0.15) is 5.82 Å². The van der Waals surface area contributed by atoms with Gasteiger partial charge in [-0.2, -0.15) is 0 Å². The number of aryl methyl sites for hydroxylation is 1. The Morgan fingerprint density at radius 3 is 2.48 bits per heavy atom. The maximum Gasteiger partial charge on any atom is 0.135 e. The summed E-state index contributed by atoms with van der Waals surface area (Å²) in [6.07, 6.45) is 1.81. The van der Waals surface area contributed by atoms with Crippen LogP contribution in [0.4, 0.5) is 11.5 Å². The first-order valence-corrected chi connectivity index (χ1v) is 9.95. The summed E-state index contributed by atoms with van der Waals surface area (Å²) >= 11 is 1.57. The lowest BCUT2D eigenvalue weighted by atomic mass is 10.1. The van der Waals surface area contributed by atoms with Crippen LogP contribution >= 0.6 is 11.3 Å². The molecule has 0 radical (unpaired) electrons. The number of fused-ring (bicyclic) bond motifs is 1. The van der Waals surface area contributed by atoms with Gasteiger partial charge in [0.1, 0.15) is 22.8 Å². The molecule has 0 unspecified atom stereocenters. The number of anilines is 2. The number of para-hydroxylation sites is 2. The highest BCUT2D eigenvalue weighted by Crippen LogP contribution is 2.40. The minimum atomic E-state index is 0.488. The number of thiophene rings is 1. The van der Waals surface area contributed by atoms with Gasteiger partial charge in [0.2, 0.25) is 0 Å². The van der Waals surface area contributed by atoms with E-state index >= 15 is 0 Å². The molecule has 0 saturated carbocycles. The van der Waals surface area contributed by atoms with Gasteiger partial charge in [0, 0.05) is 5.56 Å². The number of hydrogen-bond acceptors (Lipinski definition) is 6. The zero-order valence-corrected chi connectivity index (χ0v) is 16.5. The van der Waals surface area contributed by atoms with Gasteiger partial charge in [0.25, 0.3) is 0 Å². The van der Waals surface area contributed by atoms with E-state index in [0.29, 0.717) is 17.3 Å². The van der Waals surface area contributed by atoms with Gasteiger partial charge in [-0.1, -0.05) is 42.5 Å². The number of imidazole rings is 1. The van der Waals surface area contributed by atoms with Crippen molar-refractivity contribution in [3.8, 4) is 27.5 Å². The number of benzene rings is 2. The summed E-state index contributed by atoms with van der Waals surface area (Å²) in [5, 5.41) is 0.850. The lowest BCUT2D eigenvalue weighted by Crippen LogP contribution is -2.00. The molecule has 29 heavy (non-hydrogen) atoms. The first kappa shape index (κ1) is 17.4. The Hall–Kier alpha value is -3.71. The zero-order chi connectivity index (χ0) is 20.0. The molecule has 0 amide bonds. The van der Waals surface area contributed by atoms with E-state index in [2.05, 4.69) is 22.1 Å². The third-order valence-corrected chi connectivity index (χ3v) is 5.81. The Morgan fingerprint density at radius 1 is 0.931 bits per heavy atom. The zero-order valence-electron chi connectivity index (χ0n) is 15.7. The van der Waals surface area contributed by atoms with E-state index in [1.165, 1.54) is 0 Å². The van der Waals surface area contributed by atoms with Crippen LogP contribution in [0, 0.1) is 6.92 Å². The molecule has 0 aliphatic heterocycles. The van der Waals surface area contributed by atoms with Gasteiger partial charge >= 0.3 is 0 Å². The minimum absolute atomic E-state index is 0.488. The molecule has 5 rings (SSSR count). The van der Waals surface area contributed by atoms with E-state index in [1.807, 2.05) is 66.3 Å². The van der Waals surface area contributed by atoms with Crippen molar-refractivity contribution in [2.24, 2.45) is 0 Å². The smallest absolute Gasteiger partial charge is 0.135 e. The highest BCUT2D eigenvalue weighted by atomic mass is 32.1. The van der Waals surface area contributed by atoms with Gasteiger partial charge in [-0.25, -0.2) is 15.0 Å². The molecule has 0 aliphatic carbocycles.